The third kappa shape index (κ3) is 3.05. The molecule has 3 rings (SSSR count). The second-order valence-electron chi connectivity index (χ2n) is 5.05. The van der Waals surface area contributed by atoms with Crippen LogP contribution in [0, 0.1) is 6.92 Å². The highest BCUT2D eigenvalue weighted by Gasteiger charge is 2.12. The van der Waals surface area contributed by atoms with Crippen LogP contribution in [0.5, 0.6) is 0 Å². The Balaban J connectivity index is 1.86. The van der Waals surface area contributed by atoms with Crippen molar-refractivity contribution in [2.24, 2.45) is 0 Å². The Bertz CT molecular complexity index is 774. The number of aryl methyl sites for hydroxylation is 3. The molecule has 1 N–H and O–H groups in total. The zero-order chi connectivity index (χ0) is 15.5. The van der Waals surface area contributed by atoms with Crippen molar-refractivity contribution < 1.29 is 0 Å². The summed E-state index contributed by atoms with van der Waals surface area (Å²) in [5, 5.41) is 7.66. The van der Waals surface area contributed by atoms with Crippen LogP contribution >= 0.6 is 22.7 Å². The van der Waals surface area contributed by atoms with Gasteiger partial charge in [-0.3, -0.25) is 0 Å². The fraction of sp³-hybridized carbons (Fsp3) is 0.294. The van der Waals surface area contributed by atoms with Gasteiger partial charge in [0.25, 0.3) is 0 Å². The number of thiazole rings is 2. The first-order valence-corrected chi connectivity index (χ1v) is 9.18. The summed E-state index contributed by atoms with van der Waals surface area (Å²) >= 11 is 3.39. The molecule has 0 aliphatic rings. The molecule has 114 valence electrons. The van der Waals surface area contributed by atoms with E-state index in [-0.39, 0.29) is 0 Å². The van der Waals surface area contributed by atoms with Crippen LogP contribution in [0.4, 0.5) is 10.8 Å². The van der Waals surface area contributed by atoms with Crippen molar-refractivity contribution in [2.45, 2.75) is 33.6 Å². The Morgan fingerprint density at radius 3 is 2.64 bits per heavy atom. The second-order valence-corrected chi connectivity index (χ2v) is 6.99. The van der Waals surface area contributed by atoms with Gasteiger partial charge in [-0.15, -0.1) is 22.7 Å². The van der Waals surface area contributed by atoms with E-state index in [0.29, 0.717) is 0 Å². The van der Waals surface area contributed by atoms with Crippen molar-refractivity contribution in [1.29, 1.82) is 0 Å². The summed E-state index contributed by atoms with van der Waals surface area (Å²) in [6.07, 6.45) is 1.99. The largest absolute Gasteiger partial charge is 0.331 e. The van der Waals surface area contributed by atoms with Crippen LogP contribution in [0.25, 0.3) is 10.6 Å². The highest BCUT2D eigenvalue weighted by Crippen LogP contribution is 2.33. The van der Waals surface area contributed by atoms with E-state index < -0.39 is 0 Å². The molecule has 5 heteroatoms. The third-order valence-corrected chi connectivity index (χ3v) is 5.60. The first kappa shape index (κ1) is 15.2. The molecule has 2 aromatic heterocycles. The van der Waals surface area contributed by atoms with Crippen LogP contribution in [0.2, 0.25) is 0 Å². The molecular formula is C17H19N3S2. The molecule has 3 aromatic rings. The molecule has 0 aliphatic heterocycles. The van der Waals surface area contributed by atoms with E-state index in [9.17, 15) is 0 Å². The van der Waals surface area contributed by atoms with Crippen LogP contribution in [-0.2, 0) is 12.8 Å². The lowest BCUT2D eigenvalue weighted by Gasteiger charge is -2.07. The Kier molecular flexibility index (Phi) is 4.55. The molecule has 1 aromatic carbocycles. The summed E-state index contributed by atoms with van der Waals surface area (Å²) in [5.74, 6) is 0. The lowest BCUT2D eigenvalue weighted by Crippen LogP contribution is -1.94. The monoisotopic (exact) mass is 329 g/mol. The fourth-order valence-electron chi connectivity index (χ4n) is 2.34. The molecule has 0 unspecified atom stereocenters. The Morgan fingerprint density at radius 2 is 1.91 bits per heavy atom. The number of para-hydroxylation sites is 1. The number of nitrogens with zero attached hydrogens (tertiary/aromatic N) is 2. The van der Waals surface area contributed by atoms with E-state index in [1.807, 2.05) is 0 Å². The summed E-state index contributed by atoms with van der Waals surface area (Å²) < 4.78 is 0. The molecular weight excluding hydrogens is 310 g/mol. The van der Waals surface area contributed by atoms with E-state index in [0.717, 1.165) is 35.0 Å². The average molecular weight is 329 g/mol. The number of nitrogens with one attached hydrogen (secondary N) is 1. The molecule has 0 saturated carbocycles. The van der Waals surface area contributed by atoms with Crippen molar-refractivity contribution in [3.63, 3.8) is 0 Å². The van der Waals surface area contributed by atoms with Gasteiger partial charge >= 0.3 is 0 Å². The highest BCUT2D eigenvalue weighted by molar-refractivity contribution is 7.16. The van der Waals surface area contributed by atoms with Gasteiger partial charge in [-0.25, -0.2) is 9.97 Å². The molecule has 0 spiro atoms. The lowest BCUT2D eigenvalue weighted by molar-refractivity contribution is 1.07. The molecule has 22 heavy (non-hydrogen) atoms. The topological polar surface area (TPSA) is 37.8 Å². The molecule has 3 nitrogen and oxygen atoms in total. The average Bonchev–Trinajstić information content (AvgIpc) is 3.14. The number of benzene rings is 1. The first-order chi connectivity index (χ1) is 10.7. The maximum atomic E-state index is 4.74. The molecule has 0 bridgehead atoms. The summed E-state index contributed by atoms with van der Waals surface area (Å²) in [6, 6.07) is 8.38. The SMILES string of the molecule is CCc1nc(C)c(-c2csc(Nc3ccccc3CC)n2)s1. The molecule has 0 radical (unpaired) electrons. The van der Waals surface area contributed by atoms with E-state index in [1.54, 1.807) is 22.7 Å². The Labute approximate surface area is 139 Å². The van der Waals surface area contributed by atoms with E-state index >= 15 is 0 Å². The zero-order valence-electron chi connectivity index (χ0n) is 13.0. The zero-order valence-corrected chi connectivity index (χ0v) is 14.6. The number of hydrogen-bond acceptors (Lipinski definition) is 5. The molecule has 0 saturated heterocycles. The highest BCUT2D eigenvalue weighted by atomic mass is 32.1. The van der Waals surface area contributed by atoms with Crippen LogP contribution in [0.15, 0.2) is 29.6 Å². The van der Waals surface area contributed by atoms with Gasteiger partial charge in [-0.1, -0.05) is 32.0 Å². The Morgan fingerprint density at radius 1 is 1.09 bits per heavy atom. The van der Waals surface area contributed by atoms with Gasteiger partial charge < -0.3 is 5.32 Å². The minimum Gasteiger partial charge on any atom is -0.331 e. The van der Waals surface area contributed by atoms with Crippen molar-refractivity contribution in [3.05, 3.63) is 45.9 Å². The van der Waals surface area contributed by atoms with Gasteiger partial charge in [0.1, 0.15) is 0 Å². The summed E-state index contributed by atoms with van der Waals surface area (Å²) in [7, 11) is 0. The van der Waals surface area contributed by atoms with Crippen molar-refractivity contribution in [2.75, 3.05) is 5.32 Å². The third-order valence-electron chi connectivity index (χ3n) is 3.52. The number of aromatic nitrogens is 2. The normalized spacial score (nSPS) is 10.9. The number of anilines is 2. The second kappa shape index (κ2) is 6.58. The van der Waals surface area contributed by atoms with Crippen molar-refractivity contribution in [3.8, 4) is 10.6 Å². The maximum Gasteiger partial charge on any atom is 0.187 e. The molecule has 0 aliphatic carbocycles. The van der Waals surface area contributed by atoms with Crippen molar-refractivity contribution in [1.82, 2.24) is 9.97 Å². The van der Waals surface area contributed by atoms with Crippen LogP contribution in [-0.4, -0.2) is 9.97 Å². The summed E-state index contributed by atoms with van der Waals surface area (Å²) in [4.78, 5) is 10.5. The predicted molar refractivity (Wildman–Crippen MR) is 96.4 cm³/mol. The van der Waals surface area contributed by atoms with Gasteiger partial charge in [0.05, 0.1) is 21.3 Å². The van der Waals surface area contributed by atoms with Crippen LogP contribution in [0.3, 0.4) is 0 Å². The van der Waals surface area contributed by atoms with E-state index in [1.165, 1.54) is 15.4 Å². The van der Waals surface area contributed by atoms with Gasteiger partial charge in [0.2, 0.25) is 0 Å². The van der Waals surface area contributed by atoms with Gasteiger partial charge in [-0.05, 0) is 31.4 Å². The molecule has 0 amide bonds. The minimum atomic E-state index is 0.932. The molecule has 0 atom stereocenters. The van der Waals surface area contributed by atoms with E-state index in [4.69, 9.17) is 4.98 Å². The van der Waals surface area contributed by atoms with Crippen LogP contribution < -0.4 is 5.32 Å². The standard InChI is InChI=1S/C17H19N3S2/c1-4-12-8-6-7-9-13(12)19-17-20-14(10-21-17)16-11(3)18-15(5-2)22-16/h6-10H,4-5H2,1-3H3,(H,19,20). The summed E-state index contributed by atoms with van der Waals surface area (Å²) in [5.41, 5.74) is 4.55. The minimum absolute atomic E-state index is 0.932. The van der Waals surface area contributed by atoms with Gasteiger partial charge in [0, 0.05) is 11.1 Å². The predicted octanol–water partition coefficient (Wildman–Crippen LogP) is 5.44. The lowest BCUT2D eigenvalue weighted by atomic mass is 10.1. The molecule has 0 fully saturated rings. The first-order valence-electron chi connectivity index (χ1n) is 7.48. The quantitative estimate of drug-likeness (QED) is 0.677. The van der Waals surface area contributed by atoms with Gasteiger partial charge in [-0.2, -0.15) is 0 Å². The number of rotatable bonds is 5. The fourth-order valence-corrected chi connectivity index (χ4v) is 4.10. The van der Waals surface area contributed by atoms with Crippen LogP contribution in [0.1, 0.15) is 30.1 Å². The smallest absolute Gasteiger partial charge is 0.187 e. The molecule has 2 heterocycles. The number of hydrogen-bond donors (Lipinski definition) is 1. The van der Waals surface area contributed by atoms with Gasteiger partial charge in [0.15, 0.2) is 5.13 Å². The maximum absolute atomic E-state index is 4.74. The van der Waals surface area contributed by atoms with E-state index in [2.05, 4.69) is 60.7 Å². The summed E-state index contributed by atoms with van der Waals surface area (Å²) in [6.45, 7) is 6.36. The van der Waals surface area contributed by atoms with Crippen molar-refractivity contribution >= 4 is 33.5 Å². The Hall–Kier alpha value is -1.72.